The summed E-state index contributed by atoms with van der Waals surface area (Å²) >= 11 is 0. The largest absolute Gasteiger partial charge is 0.319 e. The molecule has 0 radical (unpaired) electrons. The Morgan fingerprint density at radius 3 is 2.85 bits per heavy atom. The van der Waals surface area contributed by atoms with E-state index in [-0.39, 0.29) is 0 Å². The normalized spacial score (nSPS) is 12.2. The third-order valence-electron chi connectivity index (χ3n) is 1.77. The van der Waals surface area contributed by atoms with Crippen molar-refractivity contribution in [2.24, 2.45) is 5.73 Å². The summed E-state index contributed by atoms with van der Waals surface area (Å²) in [4.78, 5) is 4.05. The molecule has 2 aromatic heterocycles. The minimum Gasteiger partial charge on any atom is -0.319 e. The molecule has 5 nitrogen and oxygen atoms in total. The fraction of sp³-hybridized carbons (Fsp3) is 0.375. The molecular weight excluding hydrogens is 166 g/mol. The van der Waals surface area contributed by atoms with Crippen molar-refractivity contribution in [1.82, 2.24) is 19.6 Å². The van der Waals surface area contributed by atoms with E-state index in [0.717, 1.165) is 5.82 Å². The quantitative estimate of drug-likeness (QED) is 0.681. The molecule has 2 N–H and O–H groups in total. The summed E-state index contributed by atoms with van der Waals surface area (Å²) in [6.45, 7) is 3.77. The van der Waals surface area contributed by atoms with Crippen LogP contribution in [-0.2, 0) is 5.54 Å². The van der Waals surface area contributed by atoms with Gasteiger partial charge in [0.2, 0.25) is 0 Å². The molecule has 2 aromatic rings. The minimum absolute atomic E-state index is 0.498. The Morgan fingerprint density at radius 1 is 1.38 bits per heavy atom. The van der Waals surface area contributed by atoms with Crippen LogP contribution in [0.3, 0.4) is 0 Å². The van der Waals surface area contributed by atoms with E-state index in [1.807, 2.05) is 26.1 Å². The number of hydrogen-bond acceptors (Lipinski definition) is 4. The van der Waals surface area contributed by atoms with Gasteiger partial charge < -0.3 is 5.73 Å². The Labute approximate surface area is 75.6 Å². The van der Waals surface area contributed by atoms with Crippen molar-refractivity contribution in [3.8, 4) is 0 Å². The summed E-state index contributed by atoms with van der Waals surface area (Å²) in [5.41, 5.74) is 5.42. The van der Waals surface area contributed by atoms with Gasteiger partial charge in [-0.25, -0.2) is 4.98 Å². The topological polar surface area (TPSA) is 69.1 Å². The molecule has 2 heterocycles. The van der Waals surface area contributed by atoms with E-state index in [4.69, 9.17) is 5.73 Å². The highest BCUT2D eigenvalue weighted by atomic mass is 15.3. The van der Waals surface area contributed by atoms with E-state index in [2.05, 4.69) is 15.2 Å². The van der Waals surface area contributed by atoms with E-state index in [1.165, 1.54) is 0 Å². The third kappa shape index (κ3) is 1.27. The van der Waals surface area contributed by atoms with E-state index in [1.54, 1.807) is 10.6 Å². The summed E-state index contributed by atoms with van der Waals surface area (Å²) in [5, 5.41) is 7.90. The molecule has 0 aliphatic rings. The van der Waals surface area contributed by atoms with Crippen LogP contribution in [0.15, 0.2) is 18.5 Å². The molecular formula is C8H11N5. The molecule has 0 aliphatic heterocycles. The lowest BCUT2D eigenvalue weighted by Gasteiger charge is -2.15. The van der Waals surface area contributed by atoms with Crippen LogP contribution < -0.4 is 5.73 Å². The second-order valence-electron chi connectivity index (χ2n) is 3.53. The van der Waals surface area contributed by atoms with Gasteiger partial charge in [0.25, 0.3) is 5.78 Å². The highest BCUT2D eigenvalue weighted by molar-refractivity contribution is 5.28. The summed E-state index contributed by atoms with van der Waals surface area (Å²) in [7, 11) is 0. The predicted molar refractivity (Wildman–Crippen MR) is 48.0 cm³/mol. The van der Waals surface area contributed by atoms with Gasteiger partial charge >= 0.3 is 0 Å². The van der Waals surface area contributed by atoms with Gasteiger partial charge in [-0.1, -0.05) is 0 Å². The van der Waals surface area contributed by atoms with Gasteiger partial charge in [0.1, 0.15) is 0 Å². The molecule has 0 unspecified atom stereocenters. The Hall–Kier alpha value is -1.49. The highest BCUT2D eigenvalue weighted by Gasteiger charge is 2.21. The van der Waals surface area contributed by atoms with Gasteiger partial charge in [-0.05, 0) is 19.9 Å². The van der Waals surface area contributed by atoms with E-state index >= 15 is 0 Å². The Kier molecular flexibility index (Phi) is 1.56. The molecule has 0 saturated carbocycles. The lowest BCUT2D eigenvalue weighted by molar-refractivity contribution is 0.508. The van der Waals surface area contributed by atoms with Crippen LogP contribution in [0.2, 0.25) is 0 Å². The Morgan fingerprint density at radius 2 is 2.15 bits per heavy atom. The number of fused-ring (bicyclic) bond motifs is 1. The van der Waals surface area contributed by atoms with Crippen LogP contribution in [0.25, 0.3) is 5.78 Å². The first-order valence-electron chi connectivity index (χ1n) is 4.04. The number of aromatic nitrogens is 4. The maximum absolute atomic E-state index is 5.92. The molecule has 0 bridgehead atoms. The summed E-state index contributed by atoms with van der Waals surface area (Å²) in [6, 6.07) is 1.82. The Bertz CT molecular complexity index is 425. The predicted octanol–water partition coefficient (Wildman–Crippen LogP) is 0.318. The van der Waals surface area contributed by atoms with Crippen molar-refractivity contribution < 1.29 is 0 Å². The second-order valence-corrected chi connectivity index (χ2v) is 3.53. The SMILES string of the molecule is CC(C)(N)c1nnc2ncccn12. The van der Waals surface area contributed by atoms with Crippen molar-refractivity contribution in [3.63, 3.8) is 0 Å². The minimum atomic E-state index is -0.498. The van der Waals surface area contributed by atoms with Crippen molar-refractivity contribution in [2.45, 2.75) is 19.4 Å². The Balaban J connectivity index is 2.72. The molecule has 68 valence electrons. The smallest absolute Gasteiger partial charge is 0.255 e. The lowest BCUT2D eigenvalue weighted by atomic mass is 10.1. The highest BCUT2D eigenvalue weighted by Crippen LogP contribution is 2.13. The van der Waals surface area contributed by atoms with Crippen molar-refractivity contribution in [3.05, 3.63) is 24.3 Å². The zero-order valence-electron chi connectivity index (χ0n) is 7.60. The molecule has 0 saturated heterocycles. The number of rotatable bonds is 1. The van der Waals surface area contributed by atoms with Gasteiger partial charge in [-0.3, -0.25) is 4.40 Å². The van der Waals surface area contributed by atoms with Crippen LogP contribution in [0, 0.1) is 0 Å². The zero-order valence-corrected chi connectivity index (χ0v) is 7.60. The average molecular weight is 177 g/mol. The van der Waals surface area contributed by atoms with Gasteiger partial charge in [0.15, 0.2) is 5.82 Å². The monoisotopic (exact) mass is 177 g/mol. The zero-order chi connectivity index (χ0) is 9.47. The molecule has 0 aromatic carbocycles. The number of hydrogen-bond donors (Lipinski definition) is 1. The van der Waals surface area contributed by atoms with E-state index in [9.17, 15) is 0 Å². The molecule has 5 heteroatoms. The third-order valence-corrected chi connectivity index (χ3v) is 1.77. The number of nitrogens with two attached hydrogens (primary N) is 1. The van der Waals surface area contributed by atoms with Gasteiger partial charge in [0.05, 0.1) is 5.54 Å². The first-order chi connectivity index (χ1) is 6.09. The molecule has 0 spiro atoms. The van der Waals surface area contributed by atoms with E-state index in [0.29, 0.717) is 5.78 Å². The maximum atomic E-state index is 5.92. The first kappa shape index (κ1) is 8.12. The van der Waals surface area contributed by atoms with Crippen LogP contribution in [0.4, 0.5) is 0 Å². The van der Waals surface area contributed by atoms with Gasteiger partial charge in [-0.15, -0.1) is 10.2 Å². The van der Waals surface area contributed by atoms with Crippen LogP contribution in [-0.4, -0.2) is 19.6 Å². The molecule has 0 amide bonds. The van der Waals surface area contributed by atoms with Crippen LogP contribution in [0.1, 0.15) is 19.7 Å². The summed E-state index contributed by atoms with van der Waals surface area (Å²) in [6.07, 6.45) is 3.53. The summed E-state index contributed by atoms with van der Waals surface area (Å²) < 4.78 is 1.79. The first-order valence-corrected chi connectivity index (χ1v) is 4.04. The number of nitrogens with zero attached hydrogens (tertiary/aromatic N) is 4. The fourth-order valence-electron chi connectivity index (χ4n) is 1.18. The molecule has 13 heavy (non-hydrogen) atoms. The second kappa shape index (κ2) is 2.50. The fourth-order valence-corrected chi connectivity index (χ4v) is 1.18. The molecule has 0 aliphatic carbocycles. The van der Waals surface area contributed by atoms with Crippen molar-refractivity contribution in [1.29, 1.82) is 0 Å². The lowest BCUT2D eigenvalue weighted by Crippen LogP contribution is -2.31. The van der Waals surface area contributed by atoms with E-state index < -0.39 is 5.54 Å². The summed E-state index contributed by atoms with van der Waals surface area (Å²) in [5.74, 6) is 1.30. The van der Waals surface area contributed by atoms with Crippen molar-refractivity contribution in [2.75, 3.05) is 0 Å². The van der Waals surface area contributed by atoms with Crippen LogP contribution in [0.5, 0.6) is 0 Å². The molecule has 0 fully saturated rings. The van der Waals surface area contributed by atoms with Crippen LogP contribution >= 0.6 is 0 Å². The molecule has 2 rings (SSSR count). The molecule has 0 atom stereocenters. The van der Waals surface area contributed by atoms with Crippen molar-refractivity contribution >= 4 is 5.78 Å². The van der Waals surface area contributed by atoms with Gasteiger partial charge in [-0.2, -0.15) is 0 Å². The standard InChI is InChI=1S/C8H11N5/c1-8(2,9)6-11-12-7-10-4-3-5-13(6)7/h3-5H,9H2,1-2H3. The maximum Gasteiger partial charge on any atom is 0.255 e. The average Bonchev–Trinajstić information content (AvgIpc) is 2.45. The van der Waals surface area contributed by atoms with Gasteiger partial charge in [0, 0.05) is 12.4 Å².